The van der Waals surface area contributed by atoms with E-state index in [1.165, 1.54) is 11.1 Å². The lowest BCUT2D eigenvalue weighted by atomic mass is 9.88. The average molecular weight is 473 g/mol. The highest BCUT2D eigenvalue weighted by Crippen LogP contribution is 2.27. The third kappa shape index (κ3) is 5.78. The van der Waals surface area contributed by atoms with Crippen LogP contribution in [0.15, 0.2) is 121 Å². The Labute approximate surface area is 211 Å². The molecular formula is C32H28N2O2. The molecule has 1 amide bonds. The first-order chi connectivity index (χ1) is 17.8. The van der Waals surface area contributed by atoms with Gasteiger partial charge >= 0.3 is 0 Å². The van der Waals surface area contributed by atoms with Gasteiger partial charge in [0.2, 0.25) is 0 Å². The van der Waals surface area contributed by atoms with Crippen LogP contribution in [0.4, 0.5) is 0 Å². The summed E-state index contributed by atoms with van der Waals surface area (Å²) in [5.74, 6) is 0.847. The van der Waals surface area contributed by atoms with E-state index in [-0.39, 0.29) is 11.8 Å². The second-order valence-electron chi connectivity index (χ2n) is 8.73. The number of hydrogen-bond acceptors (Lipinski definition) is 3. The van der Waals surface area contributed by atoms with Crippen molar-refractivity contribution in [2.45, 2.75) is 18.9 Å². The van der Waals surface area contributed by atoms with Crippen molar-refractivity contribution in [3.63, 3.8) is 0 Å². The number of carbonyl (C=O) groups is 1. The molecule has 0 saturated heterocycles. The highest BCUT2D eigenvalue weighted by molar-refractivity contribution is 5.94. The first-order valence-electron chi connectivity index (χ1n) is 12.2. The van der Waals surface area contributed by atoms with E-state index in [2.05, 4.69) is 64.9 Å². The molecule has 4 aromatic carbocycles. The van der Waals surface area contributed by atoms with Crippen LogP contribution < -0.4 is 10.1 Å². The average Bonchev–Trinajstić information content (AvgIpc) is 2.95. The number of nitrogens with one attached hydrogen (secondary N) is 1. The maximum absolute atomic E-state index is 12.8. The molecule has 5 rings (SSSR count). The highest BCUT2D eigenvalue weighted by atomic mass is 16.5. The molecule has 5 aromatic rings. The van der Waals surface area contributed by atoms with Crippen LogP contribution in [0.3, 0.4) is 0 Å². The number of pyridine rings is 1. The van der Waals surface area contributed by atoms with Crippen molar-refractivity contribution in [3.8, 4) is 5.75 Å². The Kier molecular flexibility index (Phi) is 7.33. The van der Waals surface area contributed by atoms with Gasteiger partial charge in [-0.25, -0.2) is 4.98 Å². The summed E-state index contributed by atoms with van der Waals surface area (Å²) in [7, 11) is 0. The first-order valence-corrected chi connectivity index (χ1v) is 12.2. The monoisotopic (exact) mass is 472 g/mol. The van der Waals surface area contributed by atoms with E-state index in [9.17, 15) is 4.79 Å². The van der Waals surface area contributed by atoms with Gasteiger partial charge in [0.05, 0.1) is 11.2 Å². The molecule has 0 aliphatic heterocycles. The fraction of sp³-hybridized carbons (Fsp3) is 0.125. The Balaban J connectivity index is 1.16. The fourth-order valence-electron chi connectivity index (χ4n) is 4.38. The number of nitrogens with zero attached hydrogens (tertiary/aromatic N) is 1. The van der Waals surface area contributed by atoms with Gasteiger partial charge in [-0.3, -0.25) is 4.79 Å². The van der Waals surface area contributed by atoms with Crippen LogP contribution in [0.25, 0.3) is 10.9 Å². The predicted octanol–water partition coefficient (Wildman–Crippen LogP) is 6.77. The number of benzene rings is 4. The third-order valence-electron chi connectivity index (χ3n) is 6.28. The van der Waals surface area contributed by atoms with Gasteiger partial charge in [0.15, 0.2) is 0 Å². The lowest BCUT2D eigenvalue weighted by molar-refractivity contribution is 0.0952. The summed E-state index contributed by atoms with van der Waals surface area (Å²) in [6.45, 7) is 0.954. The third-order valence-corrected chi connectivity index (χ3v) is 6.28. The summed E-state index contributed by atoms with van der Waals surface area (Å²) >= 11 is 0. The van der Waals surface area contributed by atoms with Gasteiger partial charge in [0.1, 0.15) is 12.4 Å². The molecule has 178 valence electrons. The van der Waals surface area contributed by atoms with Crippen LogP contribution in [0.5, 0.6) is 5.75 Å². The second-order valence-corrected chi connectivity index (χ2v) is 8.73. The molecule has 4 heteroatoms. The Hall–Kier alpha value is -4.44. The van der Waals surface area contributed by atoms with Crippen molar-refractivity contribution in [3.05, 3.63) is 144 Å². The number of ether oxygens (including phenoxy) is 1. The molecule has 1 aromatic heterocycles. The lowest BCUT2D eigenvalue weighted by Gasteiger charge is -2.18. The van der Waals surface area contributed by atoms with Crippen LogP contribution >= 0.6 is 0 Å². The van der Waals surface area contributed by atoms with Crippen LogP contribution in [-0.4, -0.2) is 17.4 Å². The smallest absolute Gasteiger partial charge is 0.251 e. The van der Waals surface area contributed by atoms with E-state index in [1.54, 1.807) is 12.1 Å². The number of aromatic nitrogens is 1. The fourth-order valence-corrected chi connectivity index (χ4v) is 4.38. The van der Waals surface area contributed by atoms with Gasteiger partial charge in [0.25, 0.3) is 5.91 Å². The number of hydrogen-bond donors (Lipinski definition) is 1. The van der Waals surface area contributed by atoms with E-state index in [1.807, 2.05) is 54.6 Å². The van der Waals surface area contributed by atoms with Gasteiger partial charge in [-0.15, -0.1) is 0 Å². The minimum Gasteiger partial charge on any atom is -0.487 e. The highest BCUT2D eigenvalue weighted by Gasteiger charge is 2.14. The minimum absolute atomic E-state index is 0.0855. The van der Waals surface area contributed by atoms with Crippen molar-refractivity contribution >= 4 is 16.8 Å². The maximum atomic E-state index is 12.8. The van der Waals surface area contributed by atoms with Crippen molar-refractivity contribution < 1.29 is 9.53 Å². The summed E-state index contributed by atoms with van der Waals surface area (Å²) in [4.78, 5) is 17.4. The van der Waals surface area contributed by atoms with Gasteiger partial charge in [0, 0.05) is 23.4 Å². The molecular weight excluding hydrogens is 444 g/mol. The molecule has 1 N–H and O–H groups in total. The number of carbonyl (C=O) groups excluding carboxylic acids is 1. The number of rotatable bonds is 9. The molecule has 0 aliphatic carbocycles. The Morgan fingerprint density at radius 1 is 0.722 bits per heavy atom. The topological polar surface area (TPSA) is 51.2 Å². The van der Waals surface area contributed by atoms with Crippen molar-refractivity contribution in [2.75, 3.05) is 6.54 Å². The molecule has 0 bridgehead atoms. The molecule has 0 unspecified atom stereocenters. The largest absolute Gasteiger partial charge is 0.487 e. The summed E-state index contributed by atoms with van der Waals surface area (Å²) < 4.78 is 5.89. The number of fused-ring (bicyclic) bond motifs is 1. The van der Waals surface area contributed by atoms with Gasteiger partial charge in [-0.2, -0.15) is 0 Å². The predicted molar refractivity (Wildman–Crippen MR) is 144 cm³/mol. The Morgan fingerprint density at radius 3 is 2.06 bits per heavy atom. The number of para-hydroxylation sites is 1. The quantitative estimate of drug-likeness (QED) is 0.258. The van der Waals surface area contributed by atoms with E-state index in [4.69, 9.17) is 4.74 Å². The van der Waals surface area contributed by atoms with Gasteiger partial charge < -0.3 is 10.1 Å². The zero-order valence-corrected chi connectivity index (χ0v) is 20.0. The van der Waals surface area contributed by atoms with Crippen LogP contribution in [0.2, 0.25) is 0 Å². The summed E-state index contributed by atoms with van der Waals surface area (Å²) in [6.07, 6.45) is 0.819. The van der Waals surface area contributed by atoms with Crippen molar-refractivity contribution in [1.82, 2.24) is 10.3 Å². The van der Waals surface area contributed by atoms with Crippen molar-refractivity contribution in [1.29, 1.82) is 0 Å². The SMILES string of the molecule is O=C(NCCC(c1ccccc1)c1ccccc1)c1ccc(OCc2ccc3ccccc3n2)cc1. The maximum Gasteiger partial charge on any atom is 0.251 e. The van der Waals surface area contributed by atoms with Crippen molar-refractivity contribution in [2.24, 2.45) is 0 Å². The Bertz CT molecular complexity index is 1380. The summed E-state index contributed by atoms with van der Waals surface area (Å²) in [5, 5.41) is 4.18. The van der Waals surface area contributed by atoms with Crippen LogP contribution in [-0.2, 0) is 6.61 Å². The minimum atomic E-state index is -0.0855. The number of amides is 1. The summed E-state index contributed by atoms with van der Waals surface area (Å²) in [5.41, 5.74) is 4.93. The normalized spacial score (nSPS) is 10.9. The van der Waals surface area contributed by atoms with E-state index >= 15 is 0 Å². The van der Waals surface area contributed by atoms with E-state index in [0.29, 0.717) is 24.5 Å². The molecule has 0 saturated carbocycles. The molecule has 36 heavy (non-hydrogen) atoms. The molecule has 0 fully saturated rings. The second kappa shape index (κ2) is 11.3. The van der Waals surface area contributed by atoms with Crippen LogP contribution in [0, 0.1) is 0 Å². The Morgan fingerprint density at radius 2 is 1.36 bits per heavy atom. The molecule has 0 aliphatic rings. The molecule has 1 heterocycles. The van der Waals surface area contributed by atoms with E-state index in [0.717, 1.165) is 23.0 Å². The summed E-state index contributed by atoms with van der Waals surface area (Å²) in [6, 6.07) is 40.2. The molecule has 0 spiro atoms. The lowest BCUT2D eigenvalue weighted by Crippen LogP contribution is -2.25. The first kappa shape index (κ1) is 23.3. The molecule has 0 atom stereocenters. The standard InChI is InChI=1S/C32H28N2O2/c35-32(33-22-21-30(24-9-3-1-4-10-24)25-11-5-2-6-12-25)27-16-19-29(20-17-27)36-23-28-18-15-26-13-7-8-14-31(26)34-28/h1-20,30H,21-23H2,(H,33,35). The van der Waals surface area contributed by atoms with Gasteiger partial charge in [-0.1, -0.05) is 84.9 Å². The molecule has 4 nitrogen and oxygen atoms in total. The zero-order valence-electron chi connectivity index (χ0n) is 20.0. The van der Waals surface area contributed by atoms with Gasteiger partial charge in [-0.05, 0) is 53.9 Å². The zero-order chi connectivity index (χ0) is 24.6. The van der Waals surface area contributed by atoms with Crippen LogP contribution in [0.1, 0.15) is 39.5 Å². The molecule has 0 radical (unpaired) electrons. The van der Waals surface area contributed by atoms with E-state index < -0.39 is 0 Å².